The van der Waals surface area contributed by atoms with Crippen molar-refractivity contribution in [1.82, 2.24) is 0 Å². The fourth-order valence-corrected chi connectivity index (χ4v) is 1.66. The van der Waals surface area contributed by atoms with E-state index < -0.39 is 41.7 Å². The lowest BCUT2D eigenvalue weighted by atomic mass is 9.91. The zero-order chi connectivity index (χ0) is 15.2. The van der Waals surface area contributed by atoms with Crippen molar-refractivity contribution < 1.29 is 24.6 Å². The highest BCUT2D eigenvalue weighted by molar-refractivity contribution is 6.45. The quantitative estimate of drug-likeness (QED) is 0.466. The Balaban J connectivity index is 4.78. The van der Waals surface area contributed by atoms with Gasteiger partial charge in [-0.2, -0.15) is 0 Å². The van der Waals surface area contributed by atoms with Crippen LogP contribution in [-0.4, -0.2) is 39.4 Å². The number of carboxylic acid groups (broad SMARTS) is 2. The average molecular weight is 270 g/mol. The first-order valence-corrected chi connectivity index (χ1v) is 5.90. The summed E-state index contributed by atoms with van der Waals surface area (Å²) in [5.74, 6) is -5.54. The monoisotopic (exact) mass is 270 g/mol. The van der Waals surface area contributed by atoms with Crippen molar-refractivity contribution in [3.63, 3.8) is 0 Å². The number of hydrogen-bond donors (Lipinski definition) is 4. The summed E-state index contributed by atoms with van der Waals surface area (Å²) >= 11 is 0. The van der Waals surface area contributed by atoms with Gasteiger partial charge in [0.2, 0.25) is 0 Å². The zero-order valence-electron chi connectivity index (χ0n) is 10.9. The van der Waals surface area contributed by atoms with Crippen molar-refractivity contribution in [1.29, 1.82) is 10.8 Å². The van der Waals surface area contributed by atoms with Gasteiger partial charge in [0.25, 0.3) is 0 Å². The maximum atomic E-state index is 11.7. The van der Waals surface area contributed by atoms with E-state index in [4.69, 9.17) is 21.0 Å². The third-order valence-electron chi connectivity index (χ3n) is 2.83. The number of rotatable bonds is 9. The molecule has 2 atom stereocenters. The topological polar surface area (TPSA) is 139 Å². The Bertz CT molecular complexity index is 416. The largest absolute Gasteiger partial charge is 0.481 e. The highest BCUT2D eigenvalue weighted by Gasteiger charge is 2.29. The van der Waals surface area contributed by atoms with Gasteiger partial charge in [-0.25, -0.2) is 0 Å². The van der Waals surface area contributed by atoms with E-state index in [-0.39, 0.29) is 18.6 Å². The van der Waals surface area contributed by atoms with Gasteiger partial charge in [-0.1, -0.05) is 13.8 Å². The van der Waals surface area contributed by atoms with E-state index in [9.17, 15) is 14.4 Å². The molecular weight excluding hydrogens is 252 g/mol. The first kappa shape index (κ1) is 16.9. The second-order valence-corrected chi connectivity index (χ2v) is 4.14. The third kappa shape index (κ3) is 4.61. The summed E-state index contributed by atoms with van der Waals surface area (Å²) in [4.78, 5) is 33.3. The Morgan fingerprint density at radius 1 is 0.947 bits per heavy atom. The minimum Gasteiger partial charge on any atom is -0.481 e. The zero-order valence-corrected chi connectivity index (χ0v) is 10.9. The van der Waals surface area contributed by atoms with Crippen molar-refractivity contribution in [2.45, 2.75) is 33.1 Å². The summed E-state index contributed by atoms with van der Waals surface area (Å²) in [6.07, 6.45) is -0.248. The molecular formula is C12H18N2O5. The molecule has 0 aromatic heterocycles. The molecule has 0 aliphatic carbocycles. The summed E-state index contributed by atoms with van der Waals surface area (Å²) in [5, 5.41) is 32.7. The molecule has 0 rings (SSSR count). The van der Waals surface area contributed by atoms with Gasteiger partial charge in [0.05, 0.1) is 18.1 Å². The molecule has 0 spiro atoms. The number of Topliss-reactive ketones (excluding diaryl/α,β-unsaturated/α-hetero) is 1. The van der Waals surface area contributed by atoms with E-state index in [0.717, 1.165) is 0 Å². The van der Waals surface area contributed by atoms with Crippen LogP contribution < -0.4 is 0 Å². The van der Waals surface area contributed by atoms with Gasteiger partial charge in [0, 0.05) is 5.71 Å². The Kier molecular flexibility index (Phi) is 6.60. The van der Waals surface area contributed by atoms with Crippen LogP contribution in [0.2, 0.25) is 0 Å². The van der Waals surface area contributed by atoms with Gasteiger partial charge < -0.3 is 21.0 Å². The smallest absolute Gasteiger partial charge is 0.312 e. The van der Waals surface area contributed by atoms with Crippen molar-refractivity contribution >= 4 is 29.1 Å². The highest BCUT2D eigenvalue weighted by atomic mass is 16.4. The molecule has 0 amide bonds. The number of carbonyl (C=O) groups excluding carboxylic acids is 1. The number of hydrogen-bond acceptors (Lipinski definition) is 5. The van der Waals surface area contributed by atoms with E-state index in [1.807, 2.05) is 0 Å². The van der Waals surface area contributed by atoms with Crippen molar-refractivity contribution in [2.24, 2.45) is 11.8 Å². The molecule has 4 N–H and O–H groups in total. The first-order valence-electron chi connectivity index (χ1n) is 5.90. The normalized spacial score (nSPS) is 13.4. The molecule has 0 saturated heterocycles. The van der Waals surface area contributed by atoms with Crippen LogP contribution in [0.3, 0.4) is 0 Å². The minimum absolute atomic E-state index is 0.101. The van der Waals surface area contributed by atoms with E-state index in [1.165, 1.54) is 6.92 Å². The molecule has 0 fully saturated rings. The Morgan fingerprint density at radius 2 is 1.37 bits per heavy atom. The molecule has 0 bridgehead atoms. The molecule has 0 aromatic rings. The van der Waals surface area contributed by atoms with Crippen LogP contribution in [0.15, 0.2) is 0 Å². The molecule has 7 nitrogen and oxygen atoms in total. The van der Waals surface area contributed by atoms with Crippen LogP contribution >= 0.6 is 0 Å². The average Bonchev–Trinajstić information content (AvgIpc) is 2.29. The molecule has 7 heteroatoms. The lowest BCUT2D eigenvalue weighted by molar-refractivity contribution is -0.140. The summed E-state index contributed by atoms with van der Waals surface area (Å²) in [5.41, 5.74) is -0.884. The van der Waals surface area contributed by atoms with Crippen LogP contribution in [-0.2, 0) is 14.4 Å². The van der Waals surface area contributed by atoms with E-state index in [2.05, 4.69) is 0 Å². The van der Waals surface area contributed by atoms with E-state index in [0.29, 0.717) is 0 Å². The maximum Gasteiger partial charge on any atom is 0.312 e. The molecule has 0 aliphatic heterocycles. The summed E-state index contributed by atoms with van der Waals surface area (Å²) < 4.78 is 0. The van der Waals surface area contributed by atoms with Gasteiger partial charge in [-0.05, 0) is 12.8 Å². The number of aliphatic carboxylic acids is 2. The SMILES string of the molecule is CC[C@H](C(=N)CC(=O)C(=N)[C@@H](CC)C(=O)O)C(=O)O. The highest BCUT2D eigenvalue weighted by Crippen LogP contribution is 2.12. The number of ketones is 1. The molecule has 0 aliphatic rings. The number of carboxylic acids is 2. The molecule has 19 heavy (non-hydrogen) atoms. The standard InChI is InChI=1S/C12H18N2O5/c1-3-6(11(16)17)8(13)5-9(15)10(14)7(4-2)12(18)19/h6-7,13-14H,3-5H2,1-2H3,(H,16,17)(H,18,19)/t6-,7-/m1/s1. The third-order valence-corrected chi connectivity index (χ3v) is 2.83. The first-order chi connectivity index (χ1) is 8.76. The lowest BCUT2D eigenvalue weighted by Crippen LogP contribution is -2.32. The maximum absolute atomic E-state index is 11.7. The summed E-state index contributed by atoms with van der Waals surface area (Å²) in [7, 11) is 0. The molecule has 0 aromatic carbocycles. The van der Waals surface area contributed by atoms with Crippen molar-refractivity contribution in [2.75, 3.05) is 0 Å². The van der Waals surface area contributed by atoms with Gasteiger partial charge in [0.1, 0.15) is 5.92 Å². The molecule has 0 radical (unpaired) electrons. The molecule has 0 saturated carbocycles. The van der Waals surface area contributed by atoms with Crippen LogP contribution in [0.4, 0.5) is 0 Å². The van der Waals surface area contributed by atoms with Gasteiger partial charge >= 0.3 is 11.9 Å². The van der Waals surface area contributed by atoms with E-state index >= 15 is 0 Å². The van der Waals surface area contributed by atoms with Crippen molar-refractivity contribution in [3.8, 4) is 0 Å². The van der Waals surface area contributed by atoms with Crippen LogP contribution in [0.25, 0.3) is 0 Å². The molecule has 106 valence electrons. The Morgan fingerprint density at radius 3 is 1.68 bits per heavy atom. The fourth-order valence-electron chi connectivity index (χ4n) is 1.66. The van der Waals surface area contributed by atoms with Crippen LogP contribution in [0.5, 0.6) is 0 Å². The Labute approximate surface area is 110 Å². The van der Waals surface area contributed by atoms with Crippen LogP contribution in [0, 0.1) is 22.7 Å². The Hall–Kier alpha value is -2.05. The van der Waals surface area contributed by atoms with Gasteiger partial charge in [0.15, 0.2) is 5.78 Å². The predicted molar refractivity (Wildman–Crippen MR) is 67.9 cm³/mol. The summed E-state index contributed by atoms with van der Waals surface area (Å²) in [6, 6.07) is 0. The van der Waals surface area contributed by atoms with Gasteiger partial charge in [-0.3, -0.25) is 14.4 Å². The minimum atomic E-state index is -1.27. The molecule has 0 heterocycles. The number of nitrogens with one attached hydrogen (secondary N) is 2. The molecule has 0 unspecified atom stereocenters. The second kappa shape index (κ2) is 7.40. The lowest BCUT2D eigenvalue weighted by Gasteiger charge is -2.13. The summed E-state index contributed by atoms with van der Waals surface area (Å²) in [6.45, 7) is 3.12. The van der Waals surface area contributed by atoms with Crippen molar-refractivity contribution in [3.05, 3.63) is 0 Å². The predicted octanol–water partition coefficient (Wildman–Crippen LogP) is 1.21. The fraction of sp³-hybridized carbons (Fsp3) is 0.583. The van der Waals surface area contributed by atoms with Crippen LogP contribution in [0.1, 0.15) is 33.1 Å². The number of carbonyl (C=O) groups is 3. The second-order valence-electron chi connectivity index (χ2n) is 4.14. The van der Waals surface area contributed by atoms with E-state index in [1.54, 1.807) is 6.92 Å². The van der Waals surface area contributed by atoms with Gasteiger partial charge in [-0.15, -0.1) is 0 Å².